The predicted octanol–water partition coefficient (Wildman–Crippen LogP) is 4.59. The van der Waals surface area contributed by atoms with Gasteiger partial charge in [0, 0.05) is 5.02 Å². The van der Waals surface area contributed by atoms with Crippen molar-refractivity contribution in [1.82, 2.24) is 9.55 Å². The van der Waals surface area contributed by atoms with E-state index in [0.29, 0.717) is 23.7 Å². The van der Waals surface area contributed by atoms with Crippen molar-refractivity contribution in [3.63, 3.8) is 0 Å². The third-order valence-electron chi connectivity index (χ3n) is 4.27. The number of aryl methyl sites for hydroxylation is 1. The number of nitrogens with one attached hydrogen (secondary N) is 1. The second-order valence-corrected chi connectivity index (χ2v) is 8.56. The minimum absolute atomic E-state index is 0.124. The molecule has 1 heterocycles. The SMILES string of the molecule is CCCCS(=O)(=O)Nc1ccc2nc(C)n(Cc3ccccc3Cl)c2c1. The predicted molar refractivity (Wildman–Crippen MR) is 107 cm³/mol. The molecule has 0 amide bonds. The second-order valence-electron chi connectivity index (χ2n) is 6.31. The fraction of sp³-hybridized carbons (Fsp3) is 0.316. The highest BCUT2D eigenvalue weighted by molar-refractivity contribution is 7.92. The summed E-state index contributed by atoms with van der Waals surface area (Å²) in [5, 5.41) is 0.699. The molecule has 0 saturated heterocycles. The Kier molecular flexibility index (Phi) is 5.53. The van der Waals surface area contributed by atoms with Crippen molar-refractivity contribution in [2.45, 2.75) is 33.2 Å². The van der Waals surface area contributed by atoms with Crippen LogP contribution in [0.1, 0.15) is 31.2 Å². The van der Waals surface area contributed by atoms with Crippen molar-refractivity contribution in [3.05, 3.63) is 58.9 Å². The molecule has 0 fully saturated rings. The molecular weight excluding hydrogens is 370 g/mol. The Morgan fingerprint density at radius 1 is 1.19 bits per heavy atom. The molecule has 0 radical (unpaired) electrons. The van der Waals surface area contributed by atoms with Crippen LogP contribution >= 0.6 is 11.6 Å². The smallest absolute Gasteiger partial charge is 0.232 e. The third-order valence-corrected chi connectivity index (χ3v) is 6.01. The zero-order valence-electron chi connectivity index (χ0n) is 14.9. The summed E-state index contributed by atoms with van der Waals surface area (Å²) in [6.07, 6.45) is 1.48. The first-order chi connectivity index (χ1) is 12.4. The van der Waals surface area contributed by atoms with Crippen molar-refractivity contribution < 1.29 is 8.42 Å². The van der Waals surface area contributed by atoms with E-state index in [1.807, 2.05) is 54.8 Å². The van der Waals surface area contributed by atoms with Crippen LogP contribution in [-0.4, -0.2) is 23.7 Å². The third kappa shape index (κ3) is 4.19. The van der Waals surface area contributed by atoms with Crippen LogP contribution in [-0.2, 0) is 16.6 Å². The van der Waals surface area contributed by atoms with Crippen LogP contribution < -0.4 is 4.72 Å². The lowest BCUT2D eigenvalue weighted by Crippen LogP contribution is -2.16. The molecule has 26 heavy (non-hydrogen) atoms. The lowest BCUT2D eigenvalue weighted by atomic mass is 10.2. The number of sulfonamides is 1. The van der Waals surface area contributed by atoms with Gasteiger partial charge in [-0.3, -0.25) is 4.72 Å². The second kappa shape index (κ2) is 7.68. The number of nitrogens with zero attached hydrogens (tertiary/aromatic N) is 2. The number of benzene rings is 2. The molecule has 3 rings (SSSR count). The molecule has 1 N–H and O–H groups in total. The highest BCUT2D eigenvalue weighted by Crippen LogP contribution is 2.24. The van der Waals surface area contributed by atoms with Gasteiger partial charge < -0.3 is 4.57 Å². The molecule has 3 aromatic rings. The van der Waals surface area contributed by atoms with E-state index in [4.69, 9.17) is 11.6 Å². The number of hydrogen-bond donors (Lipinski definition) is 1. The fourth-order valence-electron chi connectivity index (χ4n) is 2.87. The lowest BCUT2D eigenvalue weighted by Gasteiger charge is -2.11. The summed E-state index contributed by atoms with van der Waals surface area (Å²) >= 11 is 6.29. The monoisotopic (exact) mass is 391 g/mol. The zero-order chi connectivity index (χ0) is 18.7. The van der Waals surface area contributed by atoms with Crippen LogP contribution in [0, 0.1) is 6.92 Å². The Hall–Kier alpha value is -2.05. The number of aromatic nitrogens is 2. The summed E-state index contributed by atoms with van der Waals surface area (Å²) in [4.78, 5) is 4.57. The molecule has 0 unspecified atom stereocenters. The molecule has 0 aliphatic carbocycles. The number of hydrogen-bond acceptors (Lipinski definition) is 3. The first-order valence-electron chi connectivity index (χ1n) is 8.60. The van der Waals surface area contributed by atoms with Gasteiger partial charge in [-0.1, -0.05) is 43.1 Å². The van der Waals surface area contributed by atoms with Gasteiger partial charge in [-0.15, -0.1) is 0 Å². The minimum atomic E-state index is -3.34. The molecule has 0 aliphatic heterocycles. The van der Waals surface area contributed by atoms with Crippen LogP contribution in [0.15, 0.2) is 42.5 Å². The molecule has 1 aromatic heterocycles. The Balaban J connectivity index is 1.95. The first-order valence-corrected chi connectivity index (χ1v) is 10.6. The van der Waals surface area contributed by atoms with Gasteiger partial charge in [-0.05, 0) is 43.2 Å². The molecule has 0 spiro atoms. The van der Waals surface area contributed by atoms with E-state index in [9.17, 15) is 8.42 Å². The number of fused-ring (bicyclic) bond motifs is 1. The van der Waals surface area contributed by atoms with Crippen LogP contribution in [0.2, 0.25) is 5.02 Å². The van der Waals surface area contributed by atoms with Gasteiger partial charge in [0.15, 0.2) is 0 Å². The van der Waals surface area contributed by atoms with Crippen LogP contribution in [0.4, 0.5) is 5.69 Å². The molecule has 0 aliphatic rings. The zero-order valence-corrected chi connectivity index (χ0v) is 16.4. The first kappa shape index (κ1) is 18.7. The topological polar surface area (TPSA) is 64.0 Å². The van der Waals surface area contributed by atoms with Gasteiger partial charge in [0.2, 0.25) is 10.0 Å². The molecule has 0 saturated carbocycles. The maximum absolute atomic E-state index is 12.2. The van der Waals surface area contributed by atoms with Crippen LogP contribution in [0.5, 0.6) is 0 Å². The number of halogens is 1. The summed E-state index contributed by atoms with van der Waals surface area (Å²) in [7, 11) is -3.34. The minimum Gasteiger partial charge on any atom is -0.324 e. The van der Waals surface area contributed by atoms with E-state index in [0.717, 1.165) is 28.8 Å². The van der Waals surface area contributed by atoms with E-state index in [1.54, 1.807) is 6.07 Å². The fourth-order valence-corrected chi connectivity index (χ4v) is 4.32. The molecule has 7 heteroatoms. The average Bonchev–Trinajstić information content (AvgIpc) is 2.90. The molecule has 5 nitrogen and oxygen atoms in total. The average molecular weight is 392 g/mol. The summed E-state index contributed by atoms with van der Waals surface area (Å²) in [6.45, 7) is 4.48. The molecule has 0 bridgehead atoms. The molecule has 2 aromatic carbocycles. The van der Waals surface area contributed by atoms with Gasteiger partial charge in [-0.2, -0.15) is 0 Å². The van der Waals surface area contributed by atoms with Crippen LogP contribution in [0.3, 0.4) is 0 Å². The Labute approximate surface area is 159 Å². The van der Waals surface area contributed by atoms with Gasteiger partial charge in [0.25, 0.3) is 0 Å². The summed E-state index contributed by atoms with van der Waals surface area (Å²) in [5.74, 6) is 0.977. The van der Waals surface area contributed by atoms with E-state index in [-0.39, 0.29) is 5.75 Å². The lowest BCUT2D eigenvalue weighted by molar-refractivity contribution is 0.598. The van der Waals surface area contributed by atoms with Gasteiger partial charge in [-0.25, -0.2) is 13.4 Å². The Morgan fingerprint density at radius 3 is 2.69 bits per heavy atom. The van der Waals surface area contributed by atoms with E-state index in [1.165, 1.54) is 0 Å². The van der Waals surface area contributed by atoms with Gasteiger partial charge >= 0.3 is 0 Å². The van der Waals surface area contributed by atoms with E-state index >= 15 is 0 Å². The maximum Gasteiger partial charge on any atom is 0.232 e. The number of rotatable bonds is 7. The standard InChI is InChI=1S/C19H22ClN3O2S/c1-3-4-11-26(24,25)22-16-9-10-18-19(12-16)23(14(2)21-18)13-15-7-5-6-8-17(15)20/h5-10,12,22H,3-4,11,13H2,1-2H3. The summed E-state index contributed by atoms with van der Waals surface area (Å²) in [6, 6.07) is 13.1. The largest absolute Gasteiger partial charge is 0.324 e. The normalized spacial score (nSPS) is 11.8. The van der Waals surface area contributed by atoms with Crippen molar-refractivity contribution in [2.24, 2.45) is 0 Å². The number of unbranched alkanes of at least 4 members (excludes halogenated alkanes) is 1. The highest BCUT2D eigenvalue weighted by atomic mass is 35.5. The Bertz CT molecular complexity index is 1030. The quantitative estimate of drug-likeness (QED) is 0.640. The van der Waals surface area contributed by atoms with Crippen molar-refractivity contribution in [1.29, 1.82) is 0 Å². The molecule has 138 valence electrons. The van der Waals surface area contributed by atoms with Gasteiger partial charge in [0.05, 0.1) is 29.0 Å². The highest BCUT2D eigenvalue weighted by Gasteiger charge is 2.13. The van der Waals surface area contributed by atoms with Crippen molar-refractivity contribution in [2.75, 3.05) is 10.5 Å². The number of imidazole rings is 1. The Morgan fingerprint density at radius 2 is 1.96 bits per heavy atom. The summed E-state index contributed by atoms with van der Waals surface area (Å²) in [5.41, 5.74) is 3.24. The van der Waals surface area contributed by atoms with Crippen molar-refractivity contribution >= 4 is 38.3 Å². The molecule has 0 atom stereocenters. The van der Waals surface area contributed by atoms with Crippen molar-refractivity contribution in [3.8, 4) is 0 Å². The number of anilines is 1. The van der Waals surface area contributed by atoms with E-state index in [2.05, 4.69) is 9.71 Å². The van der Waals surface area contributed by atoms with Gasteiger partial charge in [0.1, 0.15) is 5.82 Å². The summed E-state index contributed by atoms with van der Waals surface area (Å²) < 4.78 is 29.0. The van der Waals surface area contributed by atoms with E-state index < -0.39 is 10.0 Å². The molecular formula is C19H22ClN3O2S. The van der Waals surface area contributed by atoms with Crippen LogP contribution in [0.25, 0.3) is 11.0 Å². The maximum atomic E-state index is 12.2.